The zero-order valence-corrected chi connectivity index (χ0v) is 12.5. The van der Waals surface area contributed by atoms with Crippen LogP contribution >= 0.6 is 0 Å². The number of nitrogens with zero attached hydrogens (tertiary/aromatic N) is 1. The zero-order valence-electron chi connectivity index (χ0n) is 12.5. The summed E-state index contributed by atoms with van der Waals surface area (Å²) in [5, 5.41) is 0. The lowest BCUT2D eigenvalue weighted by Crippen LogP contribution is -2.39. The fourth-order valence-electron chi connectivity index (χ4n) is 2.49. The molecule has 0 bridgehead atoms. The van der Waals surface area contributed by atoms with Gasteiger partial charge in [0.1, 0.15) is 6.04 Å². The van der Waals surface area contributed by atoms with E-state index in [-0.39, 0.29) is 17.3 Å². The van der Waals surface area contributed by atoms with Gasteiger partial charge in [0.25, 0.3) is 0 Å². The Balaban J connectivity index is 2.29. The average molecular weight is 275 g/mol. The molecule has 0 N–H and O–H groups in total. The number of benzene rings is 1. The Morgan fingerprint density at radius 1 is 1.25 bits per heavy atom. The van der Waals surface area contributed by atoms with Crippen LogP contribution in [0.2, 0.25) is 0 Å². The van der Waals surface area contributed by atoms with Crippen LogP contribution < -0.4 is 4.90 Å². The number of hydrogen-bond donors (Lipinski definition) is 0. The van der Waals surface area contributed by atoms with E-state index >= 15 is 0 Å². The fourth-order valence-corrected chi connectivity index (χ4v) is 2.49. The highest BCUT2D eigenvalue weighted by molar-refractivity contribution is 6.02. The van der Waals surface area contributed by atoms with Crippen molar-refractivity contribution in [1.29, 1.82) is 0 Å². The smallest absolute Gasteiger partial charge is 0.328 e. The van der Waals surface area contributed by atoms with Gasteiger partial charge in [-0.1, -0.05) is 32.9 Å². The SMILES string of the molecule is COC(=O)C1CCC(=O)N1c1ccc(C(C)(C)C)cc1. The van der Waals surface area contributed by atoms with Gasteiger partial charge in [-0.25, -0.2) is 4.79 Å². The molecule has 0 aromatic heterocycles. The number of amides is 1. The molecule has 20 heavy (non-hydrogen) atoms. The summed E-state index contributed by atoms with van der Waals surface area (Å²) in [4.78, 5) is 25.3. The van der Waals surface area contributed by atoms with Crippen molar-refractivity contribution < 1.29 is 14.3 Å². The Morgan fingerprint density at radius 2 is 1.85 bits per heavy atom. The third kappa shape index (κ3) is 2.69. The van der Waals surface area contributed by atoms with Gasteiger partial charge in [0.05, 0.1) is 7.11 Å². The first-order valence-corrected chi connectivity index (χ1v) is 6.85. The maximum Gasteiger partial charge on any atom is 0.328 e. The maximum atomic E-state index is 12.0. The highest BCUT2D eigenvalue weighted by atomic mass is 16.5. The van der Waals surface area contributed by atoms with Gasteiger partial charge in [-0.2, -0.15) is 0 Å². The van der Waals surface area contributed by atoms with Crippen LogP contribution in [0.25, 0.3) is 0 Å². The summed E-state index contributed by atoms with van der Waals surface area (Å²) in [6, 6.07) is 7.33. The molecule has 1 fully saturated rings. The fraction of sp³-hybridized carbons (Fsp3) is 0.500. The van der Waals surface area contributed by atoms with E-state index in [2.05, 4.69) is 20.8 Å². The highest BCUT2D eigenvalue weighted by Gasteiger charge is 2.37. The second-order valence-electron chi connectivity index (χ2n) is 6.14. The first-order valence-electron chi connectivity index (χ1n) is 6.85. The summed E-state index contributed by atoms with van der Waals surface area (Å²) in [6.07, 6.45) is 0.910. The van der Waals surface area contributed by atoms with Crippen molar-refractivity contribution in [1.82, 2.24) is 0 Å². The minimum atomic E-state index is -0.493. The molecular weight excluding hydrogens is 254 g/mol. The monoisotopic (exact) mass is 275 g/mol. The summed E-state index contributed by atoms with van der Waals surface area (Å²) < 4.78 is 4.78. The van der Waals surface area contributed by atoms with Gasteiger partial charge in [-0.05, 0) is 29.5 Å². The van der Waals surface area contributed by atoms with Crippen LogP contribution in [0.1, 0.15) is 39.2 Å². The molecule has 1 heterocycles. The molecule has 108 valence electrons. The molecule has 1 aromatic carbocycles. The van der Waals surface area contributed by atoms with Crippen LogP contribution in [0, 0.1) is 0 Å². The summed E-state index contributed by atoms with van der Waals surface area (Å²) in [6.45, 7) is 6.42. The van der Waals surface area contributed by atoms with Crippen LogP contribution in [-0.4, -0.2) is 25.0 Å². The molecular formula is C16H21NO3. The van der Waals surface area contributed by atoms with Crippen LogP contribution in [0.5, 0.6) is 0 Å². The van der Waals surface area contributed by atoms with E-state index in [0.717, 1.165) is 5.69 Å². The summed E-state index contributed by atoms with van der Waals surface area (Å²) >= 11 is 0. The molecule has 0 aliphatic carbocycles. The number of carbonyl (C=O) groups is 2. The van der Waals surface area contributed by atoms with Gasteiger partial charge >= 0.3 is 5.97 Å². The first kappa shape index (κ1) is 14.6. The molecule has 1 unspecified atom stereocenters. The molecule has 1 amide bonds. The lowest BCUT2D eigenvalue weighted by Gasteiger charge is -2.24. The van der Waals surface area contributed by atoms with Crippen molar-refractivity contribution in [2.45, 2.75) is 45.1 Å². The minimum absolute atomic E-state index is 0.0242. The quantitative estimate of drug-likeness (QED) is 0.780. The number of hydrogen-bond acceptors (Lipinski definition) is 3. The maximum absolute atomic E-state index is 12.0. The average Bonchev–Trinajstić information content (AvgIpc) is 2.79. The molecule has 0 radical (unpaired) electrons. The van der Waals surface area contributed by atoms with E-state index in [1.807, 2.05) is 24.3 Å². The Kier molecular flexibility index (Phi) is 3.84. The second-order valence-corrected chi connectivity index (χ2v) is 6.14. The predicted octanol–water partition coefficient (Wildman–Crippen LogP) is 2.65. The molecule has 1 aromatic rings. The van der Waals surface area contributed by atoms with Gasteiger partial charge in [0.15, 0.2) is 0 Å². The number of anilines is 1. The third-order valence-corrected chi connectivity index (χ3v) is 3.70. The van der Waals surface area contributed by atoms with Gasteiger partial charge < -0.3 is 4.74 Å². The van der Waals surface area contributed by atoms with Crippen LogP contribution in [-0.2, 0) is 19.7 Å². The molecule has 0 spiro atoms. The predicted molar refractivity (Wildman–Crippen MR) is 77.7 cm³/mol. The van der Waals surface area contributed by atoms with Crippen LogP contribution in [0.4, 0.5) is 5.69 Å². The van der Waals surface area contributed by atoms with E-state index in [0.29, 0.717) is 12.8 Å². The number of ether oxygens (including phenoxy) is 1. The van der Waals surface area contributed by atoms with E-state index in [1.54, 1.807) is 4.90 Å². The topological polar surface area (TPSA) is 46.6 Å². The number of carbonyl (C=O) groups excluding carboxylic acids is 2. The lowest BCUT2D eigenvalue weighted by atomic mass is 9.87. The van der Waals surface area contributed by atoms with Gasteiger partial charge in [-0.3, -0.25) is 9.69 Å². The number of methoxy groups -OCH3 is 1. The summed E-state index contributed by atoms with van der Waals surface area (Å²) in [5.41, 5.74) is 2.02. The zero-order chi connectivity index (χ0) is 14.9. The van der Waals surface area contributed by atoms with E-state index in [1.165, 1.54) is 12.7 Å². The summed E-state index contributed by atoms with van der Waals surface area (Å²) in [5.74, 6) is -0.375. The Hall–Kier alpha value is -1.84. The Bertz CT molecular complexity index is 514. The second kappa shape index (κ2) is 5.27. The Labute approximate surface area is 119 Å². The van der Waals surface area contributed by atoms with E-state index in [4.69, 9.17) is 4.74 Å². The molecule has 1 aliphatic rings. The molecule has 4 heteroatoms. The van der Waals surface area contributed by atoms with Crippen LogP contribution in [0.3, 0.4) is 0 Å². The van der Waals surface area contributed by atoms with Crippen molar-refractivity contribution in [2.24, 2.45) is 0 Å². The molecule has 1 saturated heterocycles. The molecule has 2 rings (SSSR count). The standard InChI is InChI=1S/C16H21NO3/c1-16(2,3)11-5-7-12(8-6-11)17-13(15(19)20-4)9-10-14(17)18/h5-8,13H,9-10H2,1-4H3. The van der Waals surface area contributed by atoms with Crippen LogP contribution in [0.15, 0.2) is 24.3 Å². The molecule has 4 nitrogen and oxygen atoms in total. The molecule has 0 saturated carbocycles. The number of esters is 1. The van der Waals surface area contributed by atoms with Crippen molar-refractivity contribution in [3.63, 3.8) is 0 Å². The lowest BCUT2D eigenvalue weighted by molar-refractivity contribution is -0.142. The van der Waals surface area contributed by atoms with Crippen molar-refractivity contribution in [2.75, 3.05) is 12.0 Å². The van der Waals surface area contributed by atoms with Gasteiger partial charge in [0.2, 0.25) is 5.91 Å². The summed E-state index contributed by atoms with van der Waals surface area (Å²) in [7, 11) is 1.35. The van der Waals surface area contributed by atoms with Crippen molar-refractivity contribution >= 4 is 17.6 Å². The van der Waals surface area contributed by atoms with Gasteiger partial charge in [-0.15, -0.1) is 0 Å². The van der Waals surface area contributed by atoms with Crippen molar-refractivity contribution in [3.8, 4) is 0 Å². The molecule has 1 atom stereocenters. The Morgan fingerprint density at radius 3 is 2.35 bits per heavy atom. The minimum Gasteiger partial charge on any atom is -0.467 e. The largest absolute Gasteiger partial charge is 0.467 e. The normalized spacial score (nSPS) is 19.3. The van der Waals surface area contributed by atoms with E-state index < -0.39 is 6.04 Å². The molecule has 1 aliphatic heterocycles. The third-order valence-electron chi connectivity index (χ3n) is 3.70. The first-order chi connectivity index (χ1) is 9.34. The van der Waals surface area contributed by atoms with Crippen molar-refractivity contribution in [3.05, 3.63) is 29.8 Å². The van der Waals surface area contributed by atoms with E-state index in [9.17, 15) is 9.59 Å². The van der Waals surface area contributed by atoms with Gasteiger partial charge in [0, 0.05) is 12.1 Å². The highest BCUT2D eigenvalue weighted by Crippen LogP contribution is 2.30. The number of rotatable bonds is 2.